The number of rotatable bonds is 4. The Hall–Kier alpha value is -3.03. The third kappa shape index (κ3) is 5.48. The first-order valence-corrected chi connectivity index (χ1v) is 9.01. The van der Waals surface area contributed by atoms with E-state index in [0.717, 1.165) is 0 Å². The lowest BCUT2D eigenvalue weighted by atomic mass is 10.1. The zero-order valence-corrected chi connectivity index (χ0v) is 17.2. The van der Waals surface area contributed by atoms with Crippen molar-refractivity contribution < 1.29 is 23.8 Å². The lowest BCUT2D eigenvalue weighted by Gasteiger charge is -2.31. The van der Waals surface area contributed by atoms with Gasteiger partial charge in [-0.2, -0.15) is 0 Å². The van der Waals surface area contributed by atoms with E-state index < -0.39 is 17.7 Å². The molecule has 1 aliphatic rings. The highest BCUT2D eigenvalue weighted by Crippen LogP contribution is 2.22. The van der Waals surface area contributed by atoms with Crippen molar-refractivity contribution in [1.29, 1.82) is 0 Å². The summed E-state index contributed by atoms with van der Waals surface area (Å²) >= 11 is 0. The smallest absolute Gasteiger partial charge is 0.417 e. The standard InChI is InChI=1S/C20H27N3O5/c1-7-27-17(24)16-12-23(19(25)28-20(3,4)5)18(21-13(16)2)22-14-8-10-15(26-6)11-9-14/h8-11H,7,12H2,1-6H3,(H,21,22). The Morgan fingerprint density at radius 2 is 1.86 bits per heavy atom. The fourth-order valence-corrected chi connectivity index (χ4v) is 2.43. The molecule has 28 heavy (non-hydrogen) atoms. The van der Waals surface area contributed by atoms with E-state index in [9.17, 15) is 9.59 Å². The number of esters is 1. The number of methoxy groups -OCH3 is 1. The molecule has 1 aromatic carbocycles. The lowest BCUT2D eigenvalue weighted by Crippen LogP contribution is -2.47. The van der Waals surface area contributed by atoms with E-state index in [1.807, 2.05) is 0 Å². The summed E-state index contributed by atoms with van der Waals surface area (Å²) in [6.07, 6.45) is -0.610. The van der Waals surface area contributed by atoms with Gasteiger partial charge in [-0.3, -0.25) is 0 Å². The van der Waals surface area contributed by atoms with Crippen molar-refractivity contribution in [3.63, 3.8) is 0 Å². The number of allylic oxidation sites excluding steroid dienone is 1. The first-order chi connectivity index (χ1) is 13.1. The van der Waals surface area contributed by atoms with Gasteiger partial charge in [0.25, 0.3) is 0 Å². The number of hydrogen-bond donors (Lipinski definition) is 1. The number of benzene rings is 1. The van der Waals surface area contributed by atoms with Crippen LogP contribution in [0.3, 0.4) is 0 Å². The summed E-state index contributed by atoms with van der Waals surface area (Å²) in [5.74, 6) is 0.478. The van der Waals surface area contributed by atoms with Crippen LogP contribution in [-0.4, -0.2) is 48.8 Å². The summed E-state index contributed by atoms with van der Waals surface area (Å²) < 4.78 is 15.7. The number of amides is 1. The van der Waals surface area contributed by atoms with E-state index in [1.165, 1.54) is 4.90 Å². The van der Waals surface area contributed by atoms with Crippen LogP contribution in [0.25, 0.3) is 0 Å². The van der Waals surface area contributed by atoms with Gasteiger partial charge in [-0.1, -0.05) is 0 Å². The Labute approximate surface area is 165 Å². The average Bonchev–Trinajstić information content (AvgIpc) is 2.61. The van der Waals surface area contributed by atoms with Crippen LogP contribution in [0.2, 0.25) is 0 Å². The number of ether oxygens (including phenoxy) is 3. The molecule has 0 saturated carbocycles. The highest BCUT2D eigenvalue weighted by Gasteiger charge is 2.32. The van der Waals surface area contributed by atoms with Crippen molar-refractivity contribution >= 4 is 23.7 Å². The van der Waals surface area contributed by atoms with Crippen molar-refractivity contribution in [1.82, 2.24) is 4.90 Å². The number of aliphatic imine (C=N–C) groups is 1. The van der Waals surface area contributed by atoms with Gasteiger partial charge in [0.1, 0.15) is 11.4 Å². The van der Waals surface area contributed by atoms with Crippen molar-refractivity contribution in [2.75, 3.05) is 25.6 Å². The summed E-state index contributed by atoms with van der Waals surface area (Å²) in [5, 5.41) is 3.10. The van der Waals surface area contributed by atoms with E-state index in [2.05, 4.69) is 10.3 Å². The highest BCUT2D eigenvalue weighted by atomic mass is 16.6. The van der Waals surface area contributed by atoms with Gasteiger partial charge in [0.05, 0.1) is 31.5 Å². The molecule has 0 saturated heterocycles. The van der Waals surface area contributed by atoms with Crippen LogP contribution >= 0.6 is 0 Å². The Morgan fingerprint density at radius 3 is 2.39 bits per heavy atom. The molecule has 0 atom stereocenters. The van der Waals surface area contributed by atoms with Gasteiger partial charge in [-0.25, -0.2) is 19.5 Å². The second-order valence-corrected chi connectivity index (χ2v) is 7.14. The van der Waals surface area contributed by atoms with Gasteiger partial charge < -0.3 is 19.5 Å². The normalized spacial score (nSPS) is 14.4. The molecule has 152 valence electrons. The molecule has 1 heterocycles. The van der Waals surface area contributed by atoms with Crippen LogP contribution in [0.4, 0.5) is 10.5 Å². The first kappa shape index (κ1) is 21.3. The minimum absolute atomic E-state index is 0.00156. The fraction of sp³-hybridized carbons (Fsp3) is 0.450. The maximum atomic E-state index is 12.7. The van der Waals surface area contributed by atoms with Crippen LogP contribution in [0.15, 0.2) is 40.5 Å². The molecule has 0 unspecified atom stereocenters. The molecular formula is C20H27N3O5. The van der Waals surface area contributed by atoms with Crippen LogP contribution in [0.1, 0.15) is 34.6 Å². The predicted octanol–water partition coefficient (Wildman–Crippen LogP) is 3.55. The molecular weight excluding hydrogens is 362 g/mol. The third-order valence-corrected chi connectivity index (χ3v) is 3.76. The molecule has 8 nitrogen and oxygen atoms in total. The van der Waals surface area contributed by atoms with Gasteiger partial charge in [-0.05, 0) is 58.9 Å². The van der Waals surface area contributed by atoms with Gasteiger partial charge in [0, 0.05) is 5.69 Å². The van der Waals surface area contributed by atoms with Crippen molar-refractivity contribution in [2.24, 2.45) is 4.99 Å². The molecule has 1 aliphatic heterocycles. The third-order valence-electron chi connectivity index (χ3n) is 3.76. The van der Waals surface area contributed by atoms with Crippen LogP contribution in [0, 0.1) is 0 Å². The zero-order valence-electron chi connectivity index (χ0n) is 17.2. The molecule has 1 N–H and O–H groups in total. The quantitative estimate of drug-likeness (QED) is 0.792. The number of nitrogens with one attached hydrogen (secondary N) is 1. The number of carbonyl (C=O) groups is 2. The van der Waals surface area contributed by atoms with Crippen LogP contribution in [-0.2, 0) is 14.3 Å². The second-order valence-electron chi connectivity index (χ2n) is 7.14. The molecule has 1 amide bonds. The van der Waals surface area contributed by atoms with Crippen molar-refractivity contribution in [3.8, 4) is 5.75 Å². The number of guanidine groups is 1. The van der Waals surface area contributed by atoms with E-state index in [1.54, 1.807) is 66.0 Å². The maximum Gasteiger partial charge on any atom is 0.417 e. The Morgan fingerprint density at radius 1 is 1.21 bits per heavy atom. The molecule has 8 heteroatoms. The Kier molecular flexibility index (Phi) is 6.66. The number of anilines is 1. The highest BCUT2D eigenvalue weighted by molar-refractivity contribution is 6.05. The van der Waals surface area contributed by atoms with Gasteiger partial charge in [-0.15, -0.1) is 0 Å². The zero-order chi connectivity index (χ0) is 20.9. The summed E-state index contributed by atoms with van der Waals surface area (Å²) in [6.45, 7) is 8.99. The van der Waals surface area contributed by atoms with Crippen LogP contribution in [0.5, 0.6) is 5.75 Å². The molecule has 0 aromatic heterocycles. The van der Waals surface area contributed by atoms with Gasteiger partial charge in [0.2, 0.25) is 5.96 Å². The lowest BCUT2D eigenvalue weighted by molar-refractivity contribution is -0.138. The summed E-state index contributed by atoms with van der Waals surface area (Å²) in [4.78, 5) is 30.7. The minimum Gasteiger partial charge on any atom is -0.497 e. The molecule has 0 radical (unpaired) electrons. The number of hydrogen-bond acceptors (Lipinski definition) is 7. The van der Waals surface area contributed by atoms with E-state index in [-0.39, 0.29) is 19.1 Å². The van der Waals surface area contributed by atoms with E-state index in [0.29, 0.717) is 22.7 Å². The Balaban J connectivity index is 2.34. The molecule has 0 fully saturated rings. The monoisotopic (exact) mass is 389 g/mol. The Bertz CT molecular complexity index is 791. The van der Waals surface area contributed by atoms with Gasteiger partial charge in [0.15, 0.2) is 0 Å². The molecule has 0 bridgehead atoms. The summed E-state index contributed by atoms with van der Waals surface area (Å²) in [7, 11) is 1.59. The largest absolute Gasteiger partial charge is 0.497 e. The van der Waals surface area contributed by atoms with E-state index >= 15 is 0 Å². The van der Waals surface area contributed by atoms with E-state index in [4.69, 9.17) is 14.2 Å². The number of carbonyl (C=O) groups excluding carboxylic acids is 2. The minimum atomic E-state index is -0.692. The number of nitrogens with zero attached hydrogens (tertiary/aromatic N) is 2. The van der Waals surface area contributed by atoms with Crippen molar-refractivity contribution in [3.05, 3.63) is 35.5 Å². The van der Waals surface area contributed by atoms with Crippen molar-refractivity contribution in [2.45, 2.75) is 40.2 Å². The molecule has 0 aliphatic carbocycles. The van der Waals surface area contributed by atoms with Crippen LogP contribution < -0.4 is 10.1 Å². The first-order valence-electron chi connectivity index (χ1n) is 9.01. The summed E-state index contributed by atoms with van der Waals surface area (Å²) in [5.41, 5.74) is 0.811. The maximum absolute atomic E-state index is 12.7. The molecule has 2 rings (SSSR count). The topological polar surface area (TPSA) is 89.5 Å². The fourth-order valence-electron chi connectivity index (χ4n) is 2.43. The predicted molar refractivity (Wildman–Crippen MR) is 106 cm³/mol. The SMILES string of the molecule is CCOC(=O)C1=C(C)N=C(Nc2ccc(OC)cc2)N(C(=O)OC(C)(C)C)C1. The molecule has 1 aromatic rings. The molecule has 0 spiro atoms. The average molecular weight is 389 g/mol. The summed E-state index contributed by atoms with van der Waals surface area (Å²) in [6, 6.07) is 7.18. The van der Waals surface area contributed by atoms with Gasteiger partial charge >= 0.3 is 12.1 Å². The second kappa shape index (κ2) is 8.77.